The summed E-state index contributed by atoms with van der Waals surface area (Å²) in [5.74, 6) is -0.856. The first kappa shape index (κ1) is 48.2. The quantitative estimate of drug-likeness (QED) is 0.0209. The molecule has 0 rings (SSSR count). The van der Waals surface area contributed by atoms with Gasteiger partial charge in [-0.05, 0) is 44.9 Å². The summed E-state index contributed by atoms with van der Waals surface area (Å²) < 4.78 is 33.7. The molecule has 0 spiro atoms. The summed E-state index contributed by atoms with van der Waals surface area (Å²) in [4.78, 5) is 37.3. The van der Waals surface area contributed by atoms with Crippen LogP contribution in [0, 0.1) is 0 Å². The SMILES string of the molecule is CC/C=C\C/C=C\C/C=C\CCCCCCCC(=O)OC[C@H](COP(=O)([O-])OCC[N+](C)(C)C)OC(=O)CCCCCCCCCCCCC. The van der Waals surface area contributed by atoms with Crippen LogP contribution in [0.5, 0.6) is 0 Å². The van der Waals surface area contributed by atoms with Gasteiger partial charge in [0, 0.05) is 12.8 Å². The largest absolute Gasteiger partial charge is 0.756 e. The molecule has 0 bridgehead atoms. The van der Waals surface area contributed by atoms with E-state index in [0.717, 1.165) is 70.6 Å². The molecule has 0 aliphatic carbocycles. The fourth-order valence-corrected chi connectivity index (χ4v) is 5.81. The molecule has 10 heteroatoms. The molecular formula is C40H74NO8P. The number of quaternary nitrogens is 1. The van der Waals surface area contributed by atoms with Gasteiger partial charge in [-0.25, -0.2) is 0 Å². The van der Waals surface area contributed by atoms with Crippen molar-refractivity contribution in [1.82, 2.24) is 0 Å². The van der Waals surface area contributed by atoms with E-state index in [4.69, 9.17) is 18.5 Å². The van der Waals surface area contributed by atoms with E-state index in [1.807, 2.05) is 21.1 Å². The first-order valence-corrected chi connectivity index (χ1v) is 21.2. The summed E-state index contributed by atoms with van der Waals surface area (Å²) in [7, 11) is 1.15. The van der Waals surface area contributed by atoms with E-state index < -0.39 is 32.5 Å². The third-order valence-corrected chi connectivity index (χ3v) is 9.14. The number of nitrogens with zero attached hydrogens (tertiary/aromatic N) is 1. The average molecular weight is 728 g/mol. The number of rotatable bonds is 35. The molecule has 0 heterocycles. The highest BCUT2D eigenvalue weighted by molar-refractivity contribution is 7.45. The van der Waals surface area contributed by atoms with Crippen LogP contribution in [0.25, 0.3) is 0 Å². The van der Waals surface area contributed by atoms with Crippen LogP contribution in [-0.2, 0) is 32.7 Å². The van der Waals surface area contributed by atoms with Gasteiger partial charge in [-0.3, -0.25) is 14.2 Å². The van der Waals surface area contributed by atoms with Crippen molar-refractivity contribution in [2.24, 2.45) is 0 Å². The predicted molar refractivity (Wildman–Crippen MR) is 204 cm³/mol. The van der Waals surface area contributed by atoms with Gasteiger partial charge >= 0.3 is 11.9 Å². The van der Waals surface area contributed by atoms with E-state index in [1.165, 1.54) is 44.9 Å². The number of hydrogen-bond donors (Lipinski definition) is 0. The van der Waals surface area contributed by atoms with Crippen molar-refractivity contribution in [1.29, 1.82) is 0 Å². The van der Waals surface area contributed by atoms with Crippen LogP contribution in [0.2, 0.25) is 0 Å². The monoisotopic (exact) mass is 728 g/mol. The molecular weight excluding hydrogens is 653 g/mol. The molecule has 9 nitrogen and oxygen atoms in total. The van der Waals surface area contributed by atoms with Crippen LogP contribution >= 0.6 is 7.82 Å². The first-order chi connectivity index (χ1) is 24.0. The summed E-state index contributed by atoms with van der Waals surface area (Å²) in [6.45, 7) is 4.07. The smallest absolute Gasteiger partial charge is 0.306 e. The van der Waals surface area contributed by atoms with Crippen molar-refractivity contribution in [3.63, 3.8) is 0 Å². The lowest BCUT2D eigenvalue weighted by atomic mass is 10.1. The van der Waals surface area contributed by atoms with Crippen LogP contribution in [0.4, 0.5) is 0 Å². The predicted octanol–water partition coefficient (Wildman–Crippen LogP) is 9.94. The molecule has 0 aromatic heterocycles. The van der Waals surface area contributed by atoms with Crippen LogP contribution in [0.1, 0.15) is 155 Å². The number of hydrogen-bond acceptors (Lipinski definition) is 8. The molecule has 2 atom stereocenters. The molecule has 0 radical (unpaired) electrons. The molecule has 50 heavy (non-hydrogen) atoms. The number of carbonyl (C=O) groups is 2. The van der Waals surface area contributed by atoms with E-state index in [-0.39, 0.29) is 26.1 Å². The minimum Gasteiger partial charge on any atom is -0.756 e. The van der Waals surface area contributed by atoms with Crippen molar-refractivity contribution in [2.45, 2.75) is 161 Å². The maximum atomic E-state index is 12.6. The van der Waals surface area contributed by atoms with Crippen molar-refractivity contribution in [2.75, 3.05) is 47.5 Å². The van der Waals surface area contributed by atoms with Crippen molar-refractivity contribution in [3.05, 3.63) is 36.5 Å². The highest BCUT2D eigenvalue weighted by atomic mass is 31.2. The van der Waals surface area contributed by atoms with Gasteiger partial charge in [0.2, 0.25) is 0 Å². The second kappa shape index (κ2) is 33.1. The Hall–Kier alpha value is -1.77. The average Bonchev–Trinajstić information content (AvgIpc) is 3.06. The van der Waals surface area contributed by atoms with E-state index in [2.05, 4.69) is 50.3 Å². The van der Waals surface area contributed by atoms with Gasteiger partial charge in [0.25, 0.3) is 7.82 Å². The second-order valence-electron chi connectivity index (χ2n) is 14.3. The Labute approximate surface area is 306 Å². The van der Waals surface area contributed by atoms with Crippen LogP contribution in [0.15, 0.2) is 36.5 Å². The molecule has 0 aromatic carbocycles. The maximum absolute atomic E-state index is 12.6. The maximum Gasteiger partial charge on any atom is 0.306 e. The summed E-state index contributed by atoms with van der Waals surface area (Å²) in [5.41, 5.74) is 0. The zero-order chi connectivity index (χ0) is 37.2. The normalized spacial score (nSPS) is 14.1. The molecule has 0 N–H and O–H groups in total. The number of allylic oxidation sites excluding steroid dienone is 6. The minimum absolute atomic E-state index is 0.0334. The van der Waals surface area contributed by atoms with Gasteiger partial charge in [0.05, 0.1) is 27.7 Å². The van der Waals surface area contributed by atoms with Gasteiger partial charge in [0.1, 0.15) is 19.8 Å². The standard InChI is InChI=1S/C40H74NO8P/c1-6-8-10-12-14-16-18-19-20-21-23-24-26-28-30-32-39(42)46-36-38(37-48-50(44,45)47-35-34-41(3,4)5)49-40(43)33-31-29-27-25-22-17-15-13-11-9-7-2/h8,10,14,16,19-20,38H,6-7,9,11-13,15,17-18,21-37H2,1-5H3/b10-8-,16-14-,20-19-/t38-/m1/s1. The molecule has 0 aliphatic heterocycles. The zero-order valence-electron chi connectivity index (χ0n) is 32.6. The highest BCUT2D eigenvalue weighted by Gasteiger charge is 2.21. The Kier molecular flexibility index (Phi) is 31.9. The van der Waals surface area contributed by atoms with Crippen LogP contribution in [0.3, 0.4) is 0 Å². The van der Waals surface area contributed by atoms with Crippen molar-refractivity contribution >= 4 is 19.8 Å². The Morgan fingerprint density at radius 2 is 1.14 bits per heavy atom. The van der Waals surface area contributed by atoms with Crippen molar-refractivity contribution < 1.29 is 42.1 Å². The van der Waals surface area contributed by atoms with Gasteiger partial charge in [0.15, 0.2) is 6.10 Å². The number of phosphoric acid groups is 1. The Morgan fingerprint density at radius 3 is 1.70 bits per heavy atom. The molecule has 0 saturated heterocycles. The third kappa shape index (κ3) is 36.0. The minimum atomic E-state index is -4.62. The number of phosphoric ester groups is 1. The summed E-state index contributed by atoms with van der Waals surface area (Å²) in [6.07, 6.45) is 34.5. The molecule has 0 aliphatic rings. The number of likely N-dealkylation sites (N-methyl/N-ethyl adjacent to an activating group) is 1. The summed E-state index contributed by atoms with van der Waals surface area (Å²) in [5, 5.41) is 0. The van der Waals surface area contributed by atoms with Gasteiger partial charge < -0.3 is 27.9 Å². The lowest BCUT2D eigenvalue weighted by Crippen LogP contribution is -2.37. The molecule has 292 valence electrons. The Bertz CT molecular complexity index is 959. The molecule has 0 amide bonds. The van der Waals surface area contributed by atoms with Crippen LogP contribution < -0.4 is 4.89 Å². The number of esters is 2. The highest BCUT2D eigenvalue weighted by Crippen LogP contribution is 2.38. The zero-order valence-corrected chi connectivity index (χ0v) is 33.5. The van der Waals surface area contributed by atoms with Crippen molar-refractivity contribution in [3.8, 4) is 0 Å². The number of carbonyl (C=O) groups excluding carboxylic acids is 2. The van der Waals surface area contributed by atoms with E-state index >= 15 is 0 Å². The molecule has 1 unspecified atom stereocenters. The lowest BCUT2D eigenvalue weighted by Gasteiger charge is -2.28. The lowest BCUT2D eigenvalue weighted by molar-refractivity contribution is -0.870. The molecule has 0 saturated carbocycles. The summed E-state index contributed by atoms with van der Waals surface area (Å²) in [6, 6.07) is 0. The van der Waals surface area contributed by atoms with E-state index in [1.54, 1.807) is 0 Å². The van der Waals surface area contributed by atoms with E-state index in [9.17, 15) is 19.0 Å². The van der Waals surface area contributed by atoms with Gasteiger partial charge in [-0.15, -0.1) is 0 Å². The molecule has 0 fully saturated rings. The fourth-order valence-electron chi connectivity index (χ4n) is 5.08. The first-order valence-electron chi connectivity index (χ1n) is 19.7. The number of ether oxygens (including phenoxy) is 2. The topological polar surface area (TPSA) is 111 Å². The molecule has 0 aromatic rings. The van der Waals surface area contributed by atoms with E-state index in [0.29, 0.717) is 23.9 Å². The summed E-state index contributed by atoms with van der Waals surface area (Å²) >= 11 is 0. The number of unbranched alkanes of at least 4 members (excludes halogenated alkanes) is 15. The third-order valence-electron chi connectivity index (χ3n) is 8.17. The fraction of sp³-hybridized carbons (Fsp3) is 0.800. The van der Waals surface area contributed by atoms with Gasteiger partial charge in [-0.2, -0.15) is 0 Å². The van der Waals surface area contributed by atoms with Crippen LogP contribution in [-0.4, -0.2) is 70.0 Å². The Balaban J connectivity index is 4.43. The Morgan fingerprint density at radius 1 is 0.640 bits per heavy atom. The second-order valence-corrected chi connectivity index (χ2v) is 15.7. The van der Waals surface area contributed by atoms with Gasteiger partial charge in [-0.1, -0.05) is 134 Å².